The first-order valence-corrected chi connectivity index (χ1v) is 10.2. The van der Waals surface area contributed by atoms with Gasteiger partial charge in [0.1, 0.15) is 0 Å². The lowest BCUT2D eigenvalue weighted by molar-refractivity contribution is -0.166. The second kappa shape index (κ2) is 10.8. The van der Waals surface area contributed by atoms with Gasteiger partial charge in [0, 0.05) is 31.6 Å². The molecule has 1 aliphatic heterocycles. The van der Waals surface area contributed by atoms with Crippen molar-refractivity contribution in [3.05, 3.63) is 83.6 Å². The summed E-state index contributed by atoms with van der Waals surface area (Å²) in [6, 6.07) is 19.8. The van der Waals surface area contributed by atoms with Crippen LogP contribution in [0.3, 0.4) is 0 Å². The van der Waals surface area contributed by atoms with Gasteiger partial charge in [0.2, 0.25) is 6.29 Å². The predicted molar refractivity (Wildman–Crippen MR) is 112 cm³/mol. The molecule has 0 saturated carbocycles. The minimum atomic E-state index is -0.528. The molecule has 0 aromatic heterocycles. The molecule has 3 rings (SSSR count). The summed E-state index contributed by atoms with van der Waals surface area (Å²) in [6.07, 6.45) is 2.77. The lowest BCUT2D eigenvalue weighted by Crippen LogP contribution is -2.38. The summed E-state index contributed by atoms with van der Waals surface area (Å²) in [4.78, 5) is 12.8. The monoisotopic (exact) mass is 395 g/mol. The van der Waals surface area contributed by atoms with Crippen LogP contribution in [0, 0.1) is 5.92 Å². The fraction of sp³-hybridized carbons (Fsp3) is 0.375. The van der Waals surface area contributed by atoms with E-state index in [4.69, 9.17) is 9.47 Å². The van der Waals surface area contributed by atoms with E-state index < -0.39 is 6.29 Å². The Hall–Kier alpha value is -2.63. The van der Waals surface area contributed by atoms with Gasteiger partial charge in [0.15, 0.2) is 5.76 Å². The maximum absolute atomic E-state index is 12.8. The second-order valence-electron chi connectivity index (χ2n) is 7.11. The fourth-order valence-electron chi connectivity index (χ4n) is 3.69. The molecule has 0 radical (unpaired) electrons. The summed E-state index contributed by atoms with van der Waals surface area (Å²) in [6.45, 7) is 2.95. The Morgan fingerprint density at radius 3 is 2.45 bits per heavy atom. The first-order valence-electron chi connectivity index (χ1n) is 10.2. The van der Waals surface area contributed by atoms with E-state index in [9.17, 15) is 9.90 Å². The van der Waals surface area contributed by atoms with Gasteiger partial charge in [-0.3, -0.25) is 4.79 Å². The lowest BCUT2D eigenvalue weighted by atomic mass is 9.80. The molecule has 2 aromatic rings. The van der Waals surface area contributed by atoms with Crippen molar-refractivity contribution in [2.75, 3.05) is 13.2 Å². The molecule has 0 bridgehead atoms. The zero-order valence-corrected chi connectivity index (χ0v) is 16.8. The van der Waals surface area contributed by atoms with Crippen LogP contribution in [-0.4, -0.2) is 30.5 Å². The number of ether oxygens (including phenoxy) is 2. The van der Waals surface area contributed by atoms with Crippen molar-refractivity contribution in [3.8, 4) is 0 Å². The van der Waals surface area contributed by atoms with Crippen molar-refractivity contribution < 1.29 is 19.4 Å². The van der Waals surface area contributed by atoms with Crippen molar-refractivity contribution in [3.63, 3.8) is 0 Å². The smallest absolute Gasteiger partial charge is 0.286 e. The number of allylic oxidation sites excluding steroid dienone is 1. The van der Waals surface area contributed by atoms with Crippen LogP contribution in [0.4, 0.5) is 0 Å². The van der Waals surface area contributed by atoms with Crippen molar-refractivity contribution >= 4 is 5.91 Å². The summed E-state index contributed by atoms with van der Waals surface area (Å²) >= 11 is 0. The average Bonchev–Trinajstić information content (AvgIpc) is 2.77. The summed E-state index contributed by atoms with van der Waals surface area (Å²) in [5.74, 6) is 0.0364. The summed E-state index contributed by atoms with van der Waals surface area (Å²) in [5.41, 5.74) is 2.14. The van der Waals surface area contributed by atoms with Crippen molar-refractivity contribution in [2.45, 2.75) is 38.5 Å². The van der Waals surface area contributed by atoms with E-state index in [1.54, 1.807) is 0 Å². The number of hydrogen-bond donors (Lipinski definition) is 2. The van der Waals surface area contributed by atoms with Crippen molar-refractivity contribution in [1.82, 2.24) is 5.32 Å². The molecule has 5 heteroatoms. The van der Waals surface area contributed by atoms with Gasteiger partial charge in [-0.15, -0.1) is 0 Å². The van der Waals surface area contributed by atoms with Crippen molar-refractivity contribution in [1.29, 1.82) is 0 Å². The highest BCUT2D eigenvalue weighted by molar-refractivity contribution is 5.91. The normalized spacial score (nSPS) is 21.2. The molecular weight excluding hydrogens is 366 g/mol. The van der Waals surface area contributed by atoms with Gasteiger partial charge >= 0.3 is 0 Å². The molecule has 0 aliphatic carbocycles. The summed E-state index contributed by atoms with van der Waals surface area (Å²) in [5, 5.41) is 12.3. The highest BCUT2D eigenvalue weighted by Gasteiger charge is 2.37. The molecule has 29 heavy (non-hydrogen) atoms. The van der Waals surface area contributed by atoms with Gasteiger partial charge in [-0.2, -0.15) is 0 Å². The van der Waals surface area contributed by atoms with Crippen LogP contribution in [0.5, 0.6) is 0 Å². The number of hydrogen-bond acceptors (Lipinski definition) is 4. The Kier molecular flexibility index (Phi) is 7.85. The Bertz CT molecular complexity index is 791. The molecule has 0 saturated heterocycles. The van der Waals surface area contributed by atoms with E-state index in [2.05, 4.69) is 17.4 Å². The molecule has 1 aliphatic rings. The van der Waals surface area contributed by atoms with Gasteiger partial charge in [0.25, 0.3) is 5.91 Å². The third-order valence-corrected chi connectivity index (χ3v) is 5.12. The largest absolute Gasteiger partial charge is 0.459 e. The number of rotatable bonds is 9. The standard InChI is InChI=1S/C24H29NO4/c1-2-28-24-20(14-9-15-26)21(19-12-7-4-8-13-19)16-22(29-24)23(27)25-17-18-10-5-3-6-11-18/h3-8,10-13,16,20-21,24,26H,2,9,14-15,17H2,1H3,(H,25,27)/t20-,21+,24+/m0/s1. The molecule has 2 aromatic carbocycles. The van der Waals surface area contributed by atoms with Gasteiger partial charge < -0.3 is 19.9 Å². The van der Waals surface area contributed by atoms with Crippen LogP contribution in [-0.2, 0) is 20.8 Å². The van der Waals surface area contributed by atoms with Gasteiger partial charge in [-0.05, 0) is 37.0 Å². The zero-order chi connectivity index (χ0) is 20.5. The van der Waals surface area contributed by atoms with Crippen LogP contribution in [0.15, 0.2) is 72.5 Å². The molecule has 1 amide bonds. The second-order valence-corrected chi connectivity index (χ2v) is 7.11. The van der Waals surface area contributed by atoms with E-state index in [1.807, 2.05) is 61.5 Å². The Morgan fingerprint density at radius 2 is 1.79 bits per heavy atom. The first kappa shape index (κ1) is 21.1. The topological polar surface area (TPSA) is 67.8 Å². The van der Waals surface area contributed by atoms with Gasteiger partial charge in [-0.25, -0.2) is 0 Å². The predicted octanol–water partition coefficient (Wildman–Crippen LogP) is 3.75. The van der Waals surface area contributed by atoms with E-state index in [0.717, 1.165) is 17.5 Å². The van der Waals surface area contributed by atoms with Crippen LogP contribution in [0.25, 0.3) is 0 Å². The Labute approximate surface area is 172 Å². The molecule has 0 spiro atoms. The van der Waals surface area contributed by atoms with Gasteiger partial charge in [-0.1, -0.05) is 60.7 Å². The van der Waals surface area contributed by atoms with E-state index in [0.29, 0.717) is 19.6 Å². The van der Waals surface area contributed by atoms with Crippen molar-refractivity contribution in [2.24, 2.45) is 5.92 Å². The number of carbonyl (C=O) groups is 1. The molecule has 5 nitrogen and oxygen atoms in total. The summed E-state index contributed by atoms with van der Waals surface area (Å²) < 4.78 is 11.8. The van der Waals surface area contributed by atoms with Crippen LogP contribution in [0.1, 0.15) is 36.8 Å². The number of amides is 1. The lowest BCUT2D eigenvalue weighted by Gasteiger charge is -2.37. The molecule has 2 N–H and O–H groups in total. The minimum Gasteiger partial charge on any atom is -0.459 e. The van der Waals surface area contributed by atoms with E-state index >= 15 is 0 Å². The maximum atomic E-state index is 12.8. The number of benzene rings is 2. The van der Waals surface area contributed by atoms with Crippen LogP contribution in [0.2, 0.25) is 0 Å². The van der Waals surface area contributed by atoms with Crippen LogP contribution < -0.4 is 5.32 Å². The number of aliphatic hydroxyl groups is 1. The highest BCUT2D eigenvalue weighted by atomic mass is 16.7. The number of aliphatic hydroxyl groups excluding tert-OH is 1. The number of nitrogens with one attached hydrogen (secondary N) is 1. The Balaban J connectivity index is 1.83. The third-order valence-electron chi connectivity index (χ3n) is 5.12. The highest BCUT2D eigenvalue weighted by Crippen LogP contribution is 2.39. The molecule has 154 valence electrons. The molecule has 1 heterocycles. The fourth-order valence-corrected chi connectivity index (χ4v) is 3.69. The molecule has 0 unspecified atom stereocenters. The zero-order valence-electron chi connectivity index (χ0n) is 16.8. The quantitative estimate of drug-likeness (QED) is 0.679. The third kappa shape index (κ3) is 5.68. The Morgan fingerprint density at radius 1 is 1.10 bits per heavy atom. The van der Waals surface area contributed by atoms with Crippen LogP contribution >= 0.6 is 0 Å². The maximum Gasteiger partial charge on any atom is 0.286 e. The van der Waals surface area contributed by atoms with Gasteiger partial charge in [0.05, 0.1) is 0 Å². The van der Waals surface area contributed by atoms with E-state index in [1.165, 1.54) is 0 Å². The first-order chi connectivity index (χ1) is 14.2. The van der Waals surface area contributed by atoms with E-state index in [-0.39, 0.29) is 30.1 Å². The average molecular weight is 395 g/mol. The molecule has 0 fully saturated rings. The summed E-state index contributed by atoms with van der Waals surface area (Å²) in [7, 11) is 0. The SMILES string of the molecule is CCO[C@@H]1OC(C(=O)NCc2ccccc2)=C[C@H](c2ccccc2)[C@@H]1CCCO. The minimum absolute atomic E-state index is 0.0227. The number of carbonyl (C=O) groups excluding carboxylic acids is 1. The molecule has 3 atom stereocenters. The molecular formula is C24H29NO4.